The van der Waals surface area contributed by atoms with Crippen LogP contribution in [0.5, 0.6) is 0 Å². The summed E-state index contributed by atoms with van der Waals surface area (Å²) in [5, 5.41) is 22.4. The third-order valence-corrected chi connectivity index (χ3v) is 19.3. The molecule has 90 heavy (non-hydrogen) atoms. The number of hydrogen-bond acceptors (Lipinski definition) is 0. The van der Waals surface area contributed by atoms with Gasteiger partial charge in [-0.1, -0.05) is 315 Å². The predicted octanol–water partition coefficient (Wildman–Crippen LogP) is 25.4. The normalized spacial score (nSPS) is 11.8. The van der Waals surface area contributed by atoms with Crippen molar-refractivity contribution in [2.24, 2.45) is 0 Å². The van der Waals surface area contributed by atoms with Gasteiger partial charge in [-0.15, -0.1) is 0 Å². The van der Waals surface area contributed by atoms with Gasteiger partial charge in [0.1, 0.15) is 0 Å². The van der Waals surface area contributed by atoms with Crippen LogP contribution in [0.15, 0.2) is 340 Å². The molecule has 0 saturated carbocycles. The summed E-state index contributed by atoms with van der Waals surface area (Å²) in [5.74, 6) is 0. The molecule has 0 amide bonds. The minimum absolute atomic E-state index is 1.18. The predicted molar refractivity (Wildman–Crippen MR) is 387 cm³/mol. The lowest BCUT2D eigenvalue weighted by Crippen LogP contribution is -1.92. The summed E-state index contributed by atoms with van der Waals surface area (Å²) in [6, 6.07) is 127. The molecule has 0 N–H and O–H groups in total. The van der Waals surface area contributed by atoms with Gasteiger partial charge in [0.15, 0.2) is 0 Å². The maximum Gasteiger partial charge on any atom is -0.00134 e. The molecule has 0 bridgehead atoms. The quantitative estimate of drug-likeness (QED) is 0.133. The summed E-state index contributed by atoms with van der Waals surface area (Å²) in [6.45, 7) is 0. The Balaban J connectivity index is 0.870. The summed E-state index contributed by atoms with van der Waals surface area (Å²) in [6.07, 6.45) is 0. The summed E-state index contributed by atoms with van der Waals surface area (Å²) in [7, 11) is 0. The van der Waals surface area contributed by atoms with Crippen LogP contribution in [0.25, 0.3) is 186 Å². The smallest absolute Gasteiger partial charge is 0.00134 e. The van der Waals surface area contributed by atoms with Gasteiger partial charge in [-0.3, -0.25) is 0 Å². The van der Waals surface area contributed by atoms with Crippen molar-refractivity contribution in [2.45, 2.75) is 0 Å². The Hall–Kier alpha value is -11.7. The van der Waals surface area contributed by atoms with E-state index in [9.17, 15) is 0 Å². The minimum atomic E-state index is 1.18. The van der Waals surface area contributed by atoms with Crippen molar-refractivity contribution in [3.05, 3.63) is 340 Å². The highest BCUT2D eigenvalue weighted by molar-refractivity contribution is 6.40. The fourth-order valence-electron chi connectivity index (χ4n) is 14.8. The summed E-state index contributed by atoms with van der Waals surface area (Å²) < 4.78 is 0. The summed E-state index contributed by atoms with van der Waals surface area (Å²) >= 11 is 0. The van der Waals surface area contributed by atoms with Gasteiger partial charge in [0.2, 0.25) is 0 Å². The van der Waals surface area contributed by atoms with Crippen LogP contribution in [-0.2, 0) is 0 Å². The molecule has 0 saturated heterocycles. The Morgan fingerprint density at radius 1 is 0.111 bits per heavy atom. The van der Waals surface area contributed by atoms with Crippen LogP contribution in [0, 0.1) is 0 Å². The highest BCUT2D eigenvalue weighted by Crippen LogP contribution is 2.48. The number of hydrogen-bond donors (Lipinski definition) is 0. The molecule has 0 atom stereocenters. The molecule has 0 aliphatic heterocycles. The molecule has 0 heteroatoms. The largest absolute Gasteiger partial charge is 0.0616 e. The van der Waals surface area contributed by atoms with Crippen molar-refractivity contribution in [2.75, 3.05) is 0 Å². The molecule has 0 aliphatic carbocycles. The molecule has 0 nitrogen and oxygen atoms in total. The Bertz CT molecular complexity index is 5160. The third kappa shape index (κ3) is 8.60. The first-order valence-electron chi connectivity index (χ1n) is 31.3. The third-order valence-electron chi connectivity index (χ3n) is 19.3. The highest BCUT2D eigenvalue weighted by atomic mass is 14.2. The second kappa shape index (κ2) is 21.0. The van der Waals surface area contributed by atoms with E-state index in [4.69, 9.17) is 0 Å². The van der Waals surface area contributed by atoms with Crippen LogP contribution in [-0.4, -0.2) is 0 Å². The molecule has 0 spiro atoms. The highest BCUT2D eigenvalue weighted by Gasteiger charge is 2.20. The van der Waals surface area contributed by atoms with Gasteiger partial charge >= 0.3 is 0 Å². The lowest BCUT2D eigenvalue weighted by molar-refractivity contribution is 1.62. The van der Waals surface area contributed by atoms with Gasteiger partial charge in [0, 0.05) is 0 Å². The molecule has 0 aromatic heterocycles. The molecule has 18 aromatic rings. The van der Waals surface area contributed by atoms with E-state index in [1.807, 2.05) is 0 Å². The van der Waals surface area contributed by atoms with Gasteiger partial charge in [0.25, 0.3) is 0 Å². The van der Waals surface area contributed by atoms with Crippen molar-refractivity contribution in [3.8, 4) is 89.0 Å². The van der Waals surface area contributed by atoms with Crippen molar-refractivity contribution in [1.29, 1.82) is 0 Å². The second-order valence-electron chi connectivity index (χ2n) is 24.2. The maximum atomic E-state index is 2.48. The number of benzene rings is 18. The molecular weight excluding hydrogens is 1080 g/mol. The Kier molecular flexibility index (Phi) is 12.0. The maximum absolute atomic E-state index is 2.48. The van der Waals surface area contributed by atoms with E-state index < -0.39 is 0 Å². The van der Waals surface area contributed by atoms with E-state index in [0.717, 1.165) is 0 Å². The fraction of sp³-hybridized carbons (Fsp3) is 0. The average molecular weight is 1140 g/mol. The number of rotatable bonds is 8. The van der Waals surface area contributed by atoms with Gasteiger partial charge < -0.3 is 0 Å². The van der Waals surface area contributed by atoms with Gasteiger partial charge in [-0.25, -0.2) is 0 Å². The fourth-order valence-corrected chi connectivity index (χ4v) is 14.8. The van der Waals surface area contributed by atoms with Gasteiger partial charge in [-0.2, -0.15) is 0 Å². The van der Waals surface area contributed by atoms with Crippen LogP contribution in [0.3, 0.4) is 0 Å². The van der Waals surface area contributed by atoms with Crippen molar-refractivity contribution >= 4 is 97.0 Å². The molecule has 0 unspecified atom stereocenters. The van der Waals surface area contributed by atoms with Crippen LogP contribution >= 0.6 is 0 Å². The molecule has 0 aliphatic rings. The Labute approximate surface area is 522 Å². The topological polar surface area (TPSA) is 0 Å². The van der Waals surface area contributed by atoms with E-state index in [0.29, 0.717) is 0 Å². The van der Waals surface area contributed by atoms with Crippen LogP contribution < -0.4 is 0 Å². The molecule has 416 valence electrons. The molecule has 0 radical (unpaired) electrons. The first-order chi connectivity index (χ1) is 44.6. The SMILES string of the molecule is c1ccc2c(-c3ccc(-c4ccc5c6ccc(-c7ccc(-c8cccc9ccccc89)cc7)cc6c6c7cc(-c8ccc(-c9cccc%10ccccc9%10)cc8)ccc7c7ccc(-c8ccc(-c9cccc%10ccccc9%10)cc8)cc7c6c5c4)cc3)cccc2c1. The van der Waals surface area contributed by atoms with E-state index in [1.165, 1.54) is 186 Å². The van der Waals surface area contributed by atoms with Crippen molar-refractivity contribution in [1.82, 2.24) is 0 Å². The lowest BCUT2D eigenvalue weighted by Gasteiger charge is -2.19. The zero-order chi connectivity index (χ0) is 59.2. The monoisotopic (exact) mass is 1140 g/mol. The van der Waals surface area contributed by atoms with Crippen LogP contribution in [0.2, 0.25) is 0 Å². The molecule has 0 fully saturated rings. The summed E-state index contributed by atoms with van der Waals surface area (Å²) in [5.41, 5.74) is 19.3. The zero-order valence-electron chi connectivity index (χ0n) is 49.3. The molecule has 0 heterocycles. The standard InChI is InChI=1S/C90H56/c1-5-21-73-61(13-1)17-9-25-77(73)65-37-29-57(30-38-65)69-45-49-81-82-50-46-71(59-33-41-67(42-34-59)79-27-11-19-63-15-3-7-23-75(63)79)55-87(82)90-88-56-72(60-35-43-68(44-36-60)80-28-12-20-64-16-4-8-24-76(64)80)48-52-84(88)83-51-47-70(54-86(83)89(90)85(81)53-69)58-31-39-66(40-32-58)78-26-10-18-62-14-2-6-22-74(62)78/h1-56H. The van der Waals surface area contributed by atoms with Crippen LogP contribution in [0.4, 0.5) is 0 Å². The van der Waals surface area contributed by atoms with E-state index in [-0.39, 0.29) is 0 Å². The second-order valence-corrected chi connectivity index (χ2v) is 24.2. The first-order valence-corrected chi connectivity index (χ1v) is 31.3. The van der Waals surface area contributed by atoms with E-state index >= 15 is 0 Å². The molecule has 18 aromatic carbocycles. The Morgan fingerprint density at radius 2 is 0.300 bits per heavy atom. The van der Waals surface area contributed by atoms with E-state index in [1.54, 1.807) is 0 Å². The van der Waals surface area contributed by atoms with Crippen LogP contribution in [0.1, 0.15) is 0 Å². The van der Waals surface area contributed by atoms with Crippen molar-refractivity contribution < 1.29 is 0 Å². The number of fused-ring (bicyclic) bond motifs is 15. The first kappa shape index (κ1) is 51.5. The summed E-state index contributed by atoms with van der Waals surface area (Å²) in [4.78, 5) is 0. The van der Waals surface area contributed by atoms with Crippen molar-refractivity contribution in [3.63, 3.8) is 0 Å². The average Bonchev–Trinajstić information content (AvgIpc) is 0.713. The van der Waals surface area contributed by atoms with Gasteiger partial charge in [-0.05, 0) is 210 Å². The molecular formula is C90H56. The Morgan fingerprint density at radius 3 is 0.533 bits per heavy atom. The van der Waals surface area contributed by atoms with Gasteiger partial charge in [0.05, 0.1) is 0 Å². The zero-order valence-corrected chi connectivity index (χ0v) is 49.3. The lowest BCUT2D eigenvalue weighted by atomic mass is 9.84. The molecule has 18 rings (SSSR count). The minimum Gasteiger partial charge on any atom is -0.0616 e. The van der Waals surface area contributed by atoms with E-state index in [2.05, 4.69) is 340 Å².